The highest BCUT2D eigenvalue weighted by Gasteiger charge is 2.17. The quantitative estimate of drug-likeness (QED) is 0.171. The fraction of sp³-hybridized carbons (Fsp3) is 0. The summed E-state index contributed by atoms with van der Waals surface area (Å²) in [5, 5.41) is 5.13. The van der Waals surface area contributed by atoms with Gasteiger partial charge in [0.15, 0.2) is 0 Å². The van der Waals surface area contributed by atoms with E-state index in [1.54, 1.807) is 0 Å². The maximum atomic E-state index is 2.40. The summed E-state index contributed by atoms with van der Waals surface area (Å²) >= 11 is 1.87. The summed E-state index contributed by atoms with van der Waals surface area (Å²) in [6.45, 7) is 0. The van der Waals surface area contributed by atoms with E-state index in [2.05, 4.69) is 204 Å². The molecule has 0 unspecified atom stereocenters. The third-order valence-electron chi connectivity index (χ3n) is 10.0. The first-order valence-corrected chi connectivity index (χ1v) is 18.2. The van der Waals surface area contributed by atoms with Crippen molar-refractivity contribution in [3.8, 4) is 27.9 Å². The van der Waals surface area contributed by atoms with Gasteiger partial charge in [-0.05, 0) is 82.9 Å². The van der Waals surface area contributed by atoms with Crippen LogP contribution in [-0.2, 0) is 0 Å². The zero-order valence-corrected chi connectivity index (χ0v) is 28.6. The molecule has 0 saturated carbocycles. The molecule has 0 aliphatic heterocycles. The van der Waals surface area contributed by atoms with Gasteiger partial charge in [-0.15, -0.1) is 11.3 Å². The average molecular weight is 669 g/mol. The zero-order valence-electron chi connectivity index (χ0n) is 27.8. The molecule has 10 rings (SSSR count). The van der Waals surface area contributed by atoms with E-state index in [9.17, 15) is 0 Å². The van der Waals surface area contributed by atoms with E-state index < -0.39 is 0 Å². The zero-order chi connectivity index (χ0) is 33.7. The van der Waals surface area contributed by atoms with E-state index in [4.69, 9.17) is 0 Å². The largest absolute Gasteiger partial charge is 0.310 e. The number of fused-ring (bicyclic) bond motifs is 6. The molecule has 0 amide bonds. The van der Waals surface area contributed by atoms with Crippen molar-refractivity contribution in [1.29, 1.82) is 0 Å². The van der Waals surface area contributed by atoms with Crippen LogP contribution in [0.25, 0.3) is 69.9 Å². The number of benzene rings is 8. The Labute approximate surface area is 300 Å². The van der Waals surface area contributed by atoms with Crippen molar-refractivity contribution < 1.29 is 0 Å². The molecule has 0 N–H and O–H groups in total. The number of para-hydroxylation sites is 2. The monoisotopic (exact) mass is 668 g/mol. The lowest BCUT2D eigenvalue weighted by Crippen LogP contribution is -2.09. The van der Waals surface area contributed by atoms with Crippen LogP contribution in [0.3, 0.4) is 0 Å². The maximum Gasteiger partial charge on any atom is 0.0541 e. The van der Waals surface area contributed by atoms with Crippen molar-refractivity contribution in [2.45, 2.75) is 0 Å². The summed E-state index contributed by atoms with van der Waals surface area (Å²) in [7, 11) is 0. The van der Waals surface area contributed by atoms with E-state index in [1.165, 1.54) is 69.9 Å². The number of hydrogen-bond acceptors (Lipinski definition) is 2. The Balaban J connectivity index is 1.09. The third-order valence-corrected chi connectivity index (χ3v) is 11.1. The van der Waals surface area contributed by atoms with Crippen LogP contribution in [0.2, 0.25) is 0 Å². The van der Waals surface area contributed by atoms with Crippen molar-refractivity contribution in [3.63, 3.8) is 0 Å². The first-order chi connectivity index (χ1) is 25.3. The van der Waals surface area contributed by atoms with Gasteiger partial charge in [0.2, 0.25) is 0 Å². The first-order valence-electron chi connectivity index (χ1n) is 17.3. The van der Waals surface area contributed by atoms with Crippen LogP contribution >= 0.6 is 11.3 Å². The van der Waals surface area contributed by atoms with Crippen molar-refractivity contribution in [2.24, 2.45) is 0 Å². The second kappa shape index (κ2) is 12.2. The molecule has 8 aromatic carbocycles. The predicted octanol–water partition coefficient (Wildman–Crippen LogP) is 14.0. The number of nitrogens with zero attached hydrogens (tertiary/aromatic N) is 2. The minimum absolute atomic E-state index is 1.12. The normalized spacial score (nSPS) is 11.5. The molecule has 3 heteroatoms. The Morgan fingerprint density at radius 3 is 1.31 bits per heavy atom. The van der Waals surface area contributed by atoms with Crippen LogP contribution in [0.4, 0.5) is 17.1 Å². The molecule has 10 aromatic rings. The fourth-order valence-electron chi connectivity index (χ4n) is 7.55. The first kappa shape index (κ1) is 29.5. The molecule has 0 atom stereocenters. The van der Waals surface area contributed by atoms with Crippen LogP contribution in [-0.4, -0.2) is 4.57 Å². The van der Waals surface area contributed by atoms with Crippen molar-refractivity contribution in [2.75, 3.05) is 4.90 Å². The number of rotatable bonds is 6. The van der Waals surface area contributed by atoms with E-state index in [0.717, 1.165) is 17.1 Å². The molecule has 2 aromatic heterocycles. The average Bonchev–Trinajstić information content (AvgIpc) is 3.74. The number of thiophene rings is 1. The fourth-order valence-corrected chi connectivity index (χ4v) is 8.72. The summed E-state index contributed by atoms with van der Waals surface area (Å²) in [4.78, 5) is 2.37. The van der Waals surface area contributed by atoms with Gasteiger partial charge < -0.3 is 9.47 Å². The topological polar surface area (TPSA) is 8.17 Å². The smallest absolute Gasteiger partial charge is 0.0541 e. The molecule has 0 spiro atoms. The molecule has 0 aliphatic rings. The highest BCUT2D eigenvalue weighted by atomic mass is 32.1. The van der Waals surface area contributed by atoms with Crippen molar-refractivity contribution >= 4 is 70.4 Å². The predicted molar refractivity (Wildman–Crippen MR) is 219 cm³/mol. The molecule has 0 bridgehead atoms. The molecule has 0 aliphatic carbocycles. The Morgan fingerprint density at radius 1 is 0.333 bits per heavy atom. The van der Waals surface area contributed by atoms with E-state index in [1.807, 2.05) is 11.3 Å². The Bertz CT molecular complexity index is 2690. The maximum absolute atomic E-state index is 2.40. The van der Waals surface area contributed by atoms with Crippen LogP contribution in [0, 0.1) is 0 Å². The van der Waals surface area contributed by atoms with E-state index in [-0.39, 0.29) is 0 Å². The van der Waals surface area contributed by atoms with Gasteiger partial charge in [0.05, 0.1) is 11.0 Å². The number of anilines is 3. The second-order valence-corrected chi connectivity index (χ2v) is 14.1. The third kappa shape index (κ3) is 5.10. The molecule has 51 heavy (non-hydrogen) atoms. The number of hydrogen-bond donors (Lipinski definition) is 0. The lowest BCUT2D eigenvalue weighted by molar-refractivity contribution is 1.19. The molecular weight excluding hydrogens is 637 g/mol. The molecule has 0 fully saturated rings. The van der Waals surface area contributed by atoms with Crippen molar-refractivity contribution in [1.82, 2.24) is 4.57 Å². The lowest BCUT2D eigenvalue weighted by atomic mass is 10.0. The summed E-state index contributed by atoms with van der Waals surface area (Å²) < 4.78 is 4.96. The minimum atomic E-state index is 1.12. The molecule has 240 valence electrons. The molecule has 0 radical (unpaired) electrons. The number of aromatic nitrogens is 1. The van der Waals surface area contributed by atoms with E-state index >= 15 is 0 Å². The van der Waals surface area contributed by atoms with Crippen LogP contribution < -0.4 is 4.90 Å². The van der Waals surface area contributed by atoms with E-state index in [0.29, 0.717) is 0 Å². The van der Waals surface area contributed by atoms with Crippen LogP contribution in [0.1, 0.15) is 0 Å². The van der Waals surface area contributed by atoms with Gasteiger partial charge in [0.1, 0.15) is 0 Å². The van der Waals surface area contributed by atoms with Gasteiger partial charge in [-0.2, -0.15) is 0 Å². The Hall–Kier alpha value is -6.42. The van der Waals surface area contributed by atoms with Gasteiger partial charge in [0, 0.05) is 53.7 Å². The van der Waals surface area contributed by atoms with Gasteiger partial charge in [-0.25, -0.2) is 0 Å². The molecule has 2 nitrogen and oxygen atoms in total. The standard InChI is InChI=1S/C48H32N2S/c1-3-11-33(12-4-1)35-19-23-37(24-20-35)49(38-25-21-36(22-26-38)34-13-5-2-6-14-34)39-27-29-43-44-30-28-40(32-48(44)51-47(43)31-39)50-45-17-9-7-15-41(45)42-16-8-10-18-46(42)50/h1-32H. The summed E-state index contributed by atoms with van der Waals surface area (Å²) in [6, 6.07) is 70.3. The van der Waals surface area contributed by atoms with Crippen LogP contribution in [0.15, 0.2) is 194 Å². The van der Waals surface area contributed by atoms with Gasteiger partial charge in [-0.3, -0.25) is 0 Å². The minimum Gasteiger partial charge on any atom is -0.310 e. The van der Waals surface area contributed by atoms with Crippen molar-refractivity contribution in [3.05, 3.63) is 194 Å². The summed E-state index contributed by atoms with van der Waals surface area (Å²) in [5.41, 5.74) is 11.9. The molecular formula is C48H32N2S. The lowest BCUT2D eigenvalue weighted by Gasteiger charge is -2.26. The second-order valence-electron chi connectivity index (χ2n) is 13.0. The van der Waals surface area contributed by atoms with Gasteiger partial charge in [-0.1, -0.05) is 133 Å². The molecule has 2 heterocycles. The van der Waals surface area contributed by atoms with Crippen LogP contribution in [0.5, 0.6) is 0 Å². The Kier molecular flexibility index (Phi) is 7.04. The highest BCUT2D eigenvalue weighted by Crippen LogP contribution is 2.42. The van der Waals surface area contributed by atoms with Gasteiger partial charge in [0.25, 0.3) is 0 Å². The summed E-state index contributed by atoms with van der Waals surface area (Å²) in [6.07, 6.45) is 0. The molecule has 0 saturated heterocycles. The van der Waals surface area contributed by atoms with Gasteiger partial charge >= 0.3 is 0 Å². The highest BCUT2D eigenvalue weighted by molar-refractivity contribution is 7.25. The summed E-state index contributed by atoms with van der Waals surface area (Å²) in [5.74, 6) is 0. The SMILES string of the molecule is c1ccc(-c2ccc(N(c3ccc(-c4ccccc4)cc3)c3ccc4c(c3)sc3cc(-n5c6ccccc6c6ccccc65)ccc34)cc2)cc1. The Morgan fingerprint density at radius 2 is 0.765 bits per heavy atom.